The molecule has 3 aromatic rings. The number of anilines is 1. The van der Waals surface area contributed by atoms with E-state index in [4.69, 9.17) is 37.4 Å². The van der Waals surface area contributed by atoms with Crippen LogP contribution in [0.3, 0.4) is 0 Å². The molecule has 11 nitrogen and oxygen atoms in total. The number of alkyl halides is 2. The van der Waals surface area contributed by atoms with Gasteiger partial charge in [0.15, 0.2) is 23.9 Å². The number of methoxy groups -OCH3 is 1. The van der Waals surface area contributed by atoms with E-state index in [0.717, 1.165) is 23.4 Å². The van der Waals surface area contributed by atoms with E-state index in [0.29, 0.717) is 30.2 Å². The number of sulfonamides is 1. The molecule has 1 atom stereocenters. The molecule has 0 amide bonds. The van der Waals surface area contributed by atoms with Gasteiger partial charge in [-0.1, -0.05) is 29.3 Å². The Bertz CT molecular complexity index is 1620. The van der Waals surface area contributed by atoms with Gasteiger partial charge < -0.3 is 29.3 Å². The van der Waals surface area contributed by atoms with E-state index in [1.165, 1.54) is 55.9 Å². The number of aromatic nitrogens is 1. The average molecular weight is 722 g/mol. The standard InChI is InChI=1S/C31H35Cl2F2N3O7S.H2O/c1-37(2)11-12-38(46(4,40)41)25-13-21(8-9-26(25)42-3)30(39)44-28(15-22-23(32)16-36-17-24(22)33)20-7-10-27(45-31(34)35)29(14-20)43-18-19-5-6-19;/h7-10,13-14,16-17,19,28,31H,5-6,11-12,15,18H2,1-4H3;1H2/p+1/t28-;/m0./s1. The molecule has 2 aromatic carbocycles. The highest BCUT2D eigenvalue weighted by molar-refractivity contribution is 7.92. The minimum Gasteiger partial charge on any atom is -0.495 e. The Morgan fingerprint density at radius 2 is 1.68 bits per heavy atom. The fraction of sp³-hybridized carbons (Fsp3) is 0.419. The molecule has 4 rings (SSSR count). The zero-order chi connectivity index (χ0) is 33.6. The fourth-order valence-electron chi connectivity index (χ4n) is 4.57. The van der Waals surface area contributed by atoms with E-state index in [-0.39, 0.29) is 57.0 Å². The highest BCUT2D eigenvalue weighted by Crippen LogP contribution is 2.38. The molecule has 1 aliphatic carbocycles. The topological polar surface area (TPSA) is 140 Å². The van der Waals surface area contributed by atoms with Crippen LogP contribution in [0.2, 0.25) is 10.0 Å². The summed E-state index contributed by atoms with van der Waals surface area (Å²) in [5.74, 6) is -0.320. The molecule has 0 unspecified atom stereocenters. The number of benzene rings is 2. The van der Waals surface area contributed by atoms with E-state index < -0.39 is 28.7 Å². The number of nitrogens with zero attached hydrogens (tertiary/aromatic N) is 2. The number of esters is 1. The van der Waals surface area contributed by atoms with Gasteiger partial charge in [0, 0.05) is 25.1 Å². The quantitative estimate of drug-likeness (QED) is 0.191. The van der Waals surface area contributed by atoms with Crippen molar-refractivity contribution in [3.63, 3.8) is 0 Å². The summed E-state index contributed by atoms with van der Waals surface area (Å²) in [5.41, 5.74) is 1.07. The monoisotopic (exact) mass is 720 g/mol. The first-order chi connectivity index (χ1) is 21.8. The van der Waals surface area contributed by atoms with Crippen molar-refractivity contribution in [2.75, 3.05) is 51.5 Å². The Balaban J connectivity index is 0.00000600. The van der Waals surface area contributed by atoms with Gasteiger partial charge >= 0.3 is 12.6 Å². The lowest BCUT2D eigenvalue weighted by molar-refractivity contribution is -0.377. The van der Waals surface area contributed by atoms with Crippen molar-refractivity contribution in [1.29, 1.82) is 0 Å². The summed E-state index contributed by atoms with van der Waals surface area (Å²) in [6, 6.07) is 8.62. The van der Waals surface area contributed by atoms with Crippen molar-refractivity contribution in [1.82, 2.24) is 4.90 Å². The summed E-state index contributed by atoms with van der Waals surface area (Å²) in [4.78, 5) is 18.4. The van der Waals surface area contributed by atoms with Crippen LogP contribution in [0.15, 0.2) is 48.8 Å². The van der Waals surface area contributed by atoms with Crippen LogP contribution in [-0.4, -0.2) is 78.5 Å². The summed E-state index contributed by atoms with van der Waals surface area (Å²) >= 11 is 12.9. The van der Waals surface area contributed by atoms with Crippen molar-refractivity contribution in [3.8, 4) is 17.2 Å². The number of H-pyrrole nitrogens is 1. The first-order valence-electron chi connectivity index (χ1n) is 14.3. The minimum absolute atomic E-state index is 0. The largest absolute Gasteiger partial charge is 0.495 e. The first kappa shape index (κ1) is 38.0. The molecule has 47 heavy (non-hydrogen) atoms. The van der Waals surface area contributed by atoms with E-state index >= 15 is 0 Å². The lowest BCUT2D eigenvalue weighted by Crippen LogP contribution is -2.36. The lowest BCUT2D eigenvalue weighted by atomic mass is 10.0. The van der Waals surface area contributed by atoms with E-state index in [9.17, 15) is 22.0 Å². The summed E-state index contributed by atoms with van der Waals surface area (Å²) in [5, 5.41) is 0.570. The van der Waals surface area contributed by atoms with Gasteiger partial charge in [-0.2, -0.15) is 8.78 Å². The van der Waals surface area contributed by atoms with Crippen molar-refractivity contribution >= 4 is 44.9 Å². The number of carbonyl (C=O) groups excluding carboxylic acids is 1. The second kappa shape index (κ2) is 16.6. The number of hydrogen-bond donors (Lipinski definition) is 0. The van der Waals surface area contributed by atoms with E-state index in [2.05, 4.69) is 9.72 Å². The van der Waals surface area contributed by atoms with Crippen LogP contribution in [0.25, 0.3) is 0 Å². The van der Waals surface area contributed by atoms with Crippen molar-refractivity contribution in [2.24, 2.45) is 5.92 Å². The summed E-state index contributed by atoms with van der Waals surface area (Å²) in [7, 11) is 1.25. The van der Waals surface area contributed by atoms with Crippen molar-refractivity contribution in [3.05, 3.63) is 75.5 Å². The summed E-state index contributed by atoms with van der Waals surface area (Å²) < 4.78 is 75.1. The maximum absolute atomic E-state index is 13.7. The summed E-state index contributed by atoms with van der Waals surface area (Å²) in [6.45, 7) is -2.25. The Kier molecular flexibility index (Phi) is 13.4. The highest BCUT2D eigenvalue weighted by Gasteiger charge is 2.28. The molecule has 1 aromatic heterocycles. The molecule has 258 valence electrons. The Labute approximate surface area is 282 Å². The third-order valence-electron chi connectivity index (χ3n) is 7.20. The molecular weight excluding hydrogens is 683 g/mol. The predicted molar refractivity (Wildman–Crippen MR) is 174 cm³/mol. The van der Waals surface area contributed by atoms with Crippen LogP contribution >= 0.6 is 23.2 Å². The maximum atomic E-state index is 13.7. The smallest absolute Gasteiger partial charge is 0.387 e. The zero-order valence-corrected chi connectivity index (χ0v) is 28.6. The van der Waals surface area contributed by atoms with Crippen LogP contribution in [-0.2, 0) is 21.2 Å². The second-order valence-corrected chi connectivity index (χ2v) is 13.8. The average Bonchev–Trinajstić information content (AvgIpc) is 3.81. The minimum atomic E-state index is -3.77. The molecule has 0 saturated heterocycles. The number of nitrogens with one attached hydrogen (secondary N) is 1. The van der Waals surface area contributed by atoms with Crippen LogP contribution in [0.5, 0.6) is 17.2 Å². The van der Waals surface area contributed by atoms with Gasteiger partial charge in [-0.25, -0.2) is 18.2 Å². The van der Waals surface area contributed by atoms with Crippen molar-refractivity contribution < 1.29 is 51.4 Å². The molecule has 1 saturated carbocycles. The van der Waals surface area contributed by atoms with Gasteiger partial charge in [0.25, 0.3) is 0 Å². The van der Waals surface area contributed by atoms with E-state index in [1.807, 2.05) is 19.0 Å². The van der Waals surface area contributed by atoms with Gasteiger partial charge in [0.05, 0.1) is 31.2 Å². The fourth-order valence-corrected chi connectivity index (χ4v) is 6.02. The van der Waals surface area contributed by atoms with Gasteiger partial charge in [-0.15, -0.1) is 0 Å². The molecule has 1 aliphatic rings. The van der Waals surface area contributed by atoms with Crippen LogP contribution in [0.4, 0.5) is 14.5 Å². The molecule has 0 radical (unpaired) electrons. The van der Waals surface area contributed by atoms with Crippen LogP contribution < -0.4 is 23.5 Å². The third-order valence-corrected chi connectivity index (χ3v) is 9.05. The number of aromatic amines is 1. The Morgan fingerprint density at radius 1 is 1.02 bits per heavy atom. The second-order valence-electron chi connectivity index (χ2n) is 11.1. The summed E-state index contributed by atoms with van der Waals surface area (Å²) in [6.07, 6.45) is 5.04. The number of halogens is 4. The van der Waals surface area contributed by atoms with Gasteiger partial charge in [-0.3, -0.25) is 4.31 Å². The van der Waals surface area contributed by atoms with Gasteiger partial charge in [0.2, 0.25) is 10.0 Å². The van der Waals surface area contributed by atoms with Crippen LogP contribution in [0, 0.1) is 5.92 Å². The van der Waals surface area contributed by atoms with Crippen LogP contribution in [0.1, 0.15) is 40.4 Å². The Morgan fingerprint density at radius 3 is 2.26 bits per heavy atom. The zero-order valence-electron chi connectivity index (χ0n) is 26.3. The number of likely N-dealkylation sites (N-methyl/N-ethyl adjacent to an activating group) is 1. The highest BCUT2D eigenvalue weighted by atomic mass is 35.5. The number of hydrogen-bond acceptors (Lipinski definition) is 8. The number of pyridine rings is 1. The molecule has 1 fully saturated rings. The SMILES string of the molecule is COc1ccc(C(=O)O[C@@H](Cc2c(Cl)c[nH+]cc2Cl)c2ccc(OC(F)F)c(OCC3CC3)c2)cc1N(CCN(C)C)S(C)(=O)=O.O. The van der Waals surface area contributed by atoms with Gasteiger partial charge in [-0.05, 0) is 68.8 Å². The number of rotatable bonds is 16. The van der Waals surface area contributed by atoms with Crippen molar-refractivity contribution in [2.45, 2.75) is 32.0 Å². The third kappa shape index (κ3) is 10.5. The number of ether oxygens (including phenoxy) is 4. The molecule has 1 heterocycles. The molecule has 3 N–H and O–H groups in total. The molecule has 0 bridgehead atoms. The normalized spacial score (nSPS) is 13.6. The lowest BCUT2D eigenvalue weighted by Gasteiger charge is -2.26. The first-order valence-corrected chi connectivity index (χ1v) is 16.9. The molecule has 0 spiro atoms. The van der Waals surface area contributed by atoms with E-state index in [1.54, 1.807) is 0 Å². The maximum Gasteiger partial charge on any atom is 0.387 e. The molecule has 0 aliphatic heterocycles. The Hall–Kier alpha value is -3.43. The molecular formula is C31H38Cl2F2N3O8S+. The molecule has 16 heteroatoms. The van der Waals surface area contributed by atoms with Gasteiger partial charge in [0.1, 0.15) is 21.9 Å². The number of carbonyl (C=O) groups is 1. The predicted octanol–water partition coefficient (Wildman–Crippen LogP) is 4.85.